The molecule has 2 rings (SSSR count). The number of hydrogen-bond donors (Lipinski definition) is 1. The van der Waals surface area contributed by atoms with Crippen molar-refractivity contribution in [2.45, 2.75) is 38.8 Å². The number of fused-ring (bicyclic) bond motifs is 1. The third-order valence-electron chi connectivity index (χ3n) is 3.45. The number of halogens is 1. The van der Waals surface area contributed by atoms with Crippen LogP contribution in [-0.4, -0.2) is 19.8 Å². The van der Waals surface area contributed by atoms with Gasteiger partial charge in [0.2, 0.25) is 0 Å². The summed E-state index contributed by atoms with van der Waals surface area (Å²) in [6, 6.07) is 7.93. The second-order valence-electron chi connectivity index (χ2n) is 5.12. The lowest BCUT2D eigenvalue weighted by Crippen LogP contribution is -2.25. The Hall–Kier alpha value is -1.03. The highest BCUT2D eigenvalue weighted by Gasteiger charge is 2.18. The van der Waals surface area contributed by atoms with Crippen molar-refractivity contribution in [3.05, 3.63) is 35.0 Å². The molecular weight excluding hydrogens is 274 g/mol. The van der Waals surface area contributed by atoms with Gasteiger partial charge in [-0.05, 0) is 50.6 Å². The molecule has 0 aliphatic heterocycles. The molecule has 1 aromatic carbocycles. The topological polar surface area (TPSA) is 34.4 Å². The Balaban J connectivity index is 2.24. The van der Waals surface area contributed by atoms with Crippen molar-refractivity contribution in [3.8, 4) is 0 Å². The Morgan fingerprint density at radius 2 is 2.15 bits per heavy atom. The van der Waals surface area contributed by atoms with Gasteiger partial charge in [0.1, 0.15) is 11.3 Å². The zero-order valence-electron chi connectivity index (χ0n) is 12.3. The maximum absolute atomic E-state index is 6.02. The lowest BCUT2D eigenvalue weighted by molar-refractivity contribution is 0.0978. The summed E-state index contributed by atoms with van der Waals surface area (Å²) < 4.78 is 11.3. The van der Waals surface area contributed by atoms with Crippen molar-refractivity contribution in [1.29, 1.82) is 0 Å². The predicted octanol–water partition coefficient (Wildman–Crippen LogP) is 4.55. The van der Waals surface area contributed by atoms with Crippen molar-refractivity contribution < 1.29 is 9.15 Å². The van der Waals surface area contributed by atoms with Crippen molar-refractivity contribution in [2.24, 2.45) is 0 Å². The average molecular weight is 296 g/mol. The first-order valence-corrected chi connectivity index (χ1v) is 7.47. The highest BCUT2D eigenvalue weighted by atomic mass is 35.5. The quantitative estimate of drug-likeness (QED) is 0.813. The van der Waals surface area contributed by atoms with Gasteiger partial charge in [0.25, 0.3) is 0 Å². The molecule has 2 atom stereocenters. The van der Waals surface area contributed by atoms with Crippen molar-refractivity contribution >= 4 is 22.6 Å². The zero-order chi connectivity index (χ0) is 14.5. The molecular formula is C16H22ClNO2. The number of ether oxygens (including phenoxy) is 1. The molecule has 0 radical (unpaired) electrons. The average Bonchev–Trinajstić information content (AvgIpc) is 2.85. The first kappa shape index (κ1) is 15.4. The third-order valence-corrected chi connectivity index (χ3v) is 3.69. The maximum atomic E-state index is 6.02. The second-order valence-corrected chi connectivity index (χ2v) is 5.56. The number of hydrogen-bond acceptors (Lipinski definition) is 3. The normalized spacial score (nSPS) is 14.6. The van der Waals surface area contributed by atoms with E-state index in [0.29, 0.717) is 0 Å². The summed E-state index contributed by atoms with van der Waals surface area (Å²) in [7, 11) is 1.74. The van der Waals surface area contributed by atoms with E-state index >= 15 is 0 Å². The van der Waals surface area contributed by atoms with Crippen LogP contribution >= 0.6 is 11.6 Å². The minimum absolute atomic E-state index is 0.163. The molecule has 110 valence electrons. The smallest absolute Gasteiger partial charge is 0.134 e. The summed E-state index contributed by atoms with van der Waals surface area (Å²) in [5.41, 5.74) is 0.873. The lowest BCUT2D eigenvalue weighted by Gasteiger charge is -2.19. The van der Waals surface area contributed by atoms with Crippen LogP contribution < -0.4 is 5.32 Å². The molecule has 0 spiro atoms. The zero-order valence-corrected chi connectivity index (χ0v) is 13.0. The molecule has 2 aromatic rings. The molecule has 0 fully saturated rings. The SMILES string of the molecule is CCCNC(CC(C)OC)c1cc2cc(Cl)ccc2o1. The number of benzene rings is 1. The van der Waals surface area contributed by atoms with E-state index in [-0.39, 0.29) is 12.1 Å². The highest BCUT2D eigenvalue weighted by Crippen LogP contribution is 2.28. The van der Waals surface area contributed by atoms with Gasteiger partial charge in [-0.2, -0.15) is 0 Å². The fraction of sp³-hybridized carbons (Fsp3) is 0.500. The van der Waals surface area contributed by atoms with Crippen LogP contribution in [0.2, 0.25) is 5.02 Å². The van der Waals surface area contributed by atoms with Gasteiger partial charge < -0.3 is 14.5 Å². The third kappa shape index (κ3) is 3.75. The fourth-order valence-electron chi connectivity index (χ4n) is 2.25. The minimum Gasteiger partial charge on any atom is -0.459 e. The predicted molar refractivity (Wildman–Crippen MR) is 83.3 cm³/mol. The molecule has 0 bridgehead atoms. The molecule has 0 aliphatic carbocycles. The molecule has 4 heteroatoms. The van der Waals surface area contributed by atoms with Gasteiger partial charge in [0.05, 0.1) is 12.1 Å². The summed E-state index contributed by atoms with van der Waals surface area (Å²) in [4.78, 5) is 0. The highest BCUT2D eigenvalue weighted by molar-refractivity contribution is 6.31. The Bertz CT molecular complexity index is 552. The van der Waals surface area contributed by atoms with Crippen LogP contribution in [0, 0.1) is 0 Å². The van der Waals surface area contributed by atoms with E-state index in [0.717, 1.165) is 41.1 Å². The van der Waals surface area contributed by atoms with Crippen LogP contribution in [0.5, 0.6) is 0 Å². The van der Waals surface area contributed by atoms with Crippen LogP contribution in [0.25, 0.3) is 11.0 Å². The Kier molecular flexibility index (Phi) is 5.46. The summed E-state index contributed by atoms with van der Waals surface area (Å²) >= 11 is 6.02. The van der Waals surface area contributed by atoms with Crippen LogP contribution in [0.1, 0.15) is 38.5 Å². The largest absolute Gasteiger partial charge is 0.459 e. The summed E-state index contributed by atoms with van der Waals surface area (Å²) in [6.07, 6.45) is 2.15. The van der Waals surface area contributed by atoms with Crippen molar-refractivity contribution in [3.63, 3.8) is 0 Å². The van der Waals surface area contributed by atoms with Crippen molar-refractivity contribution in [1.82, 2.24) is 5.32 Å². The van der Waals surface area contributed by atoms with Gasteiger partial charge in [0, 0.05) is 17.5 Å². The molecule has 0 saturated heterocycles. The number of nitrogens with one attached hydrogen (secondary N) is 1. The Labute approximate surface area is 125 Å². The van der Waals surface area contributed by atoms with E-state index in [9.17, 15) is 0 Å². The van der Waals surface area contributed by atoms with E-state index in [1.807, 2.05) is 18.2 Å². The standard InChI is InChI=1S/C16H22ClNO2/c1-4-7-18-14(8-11(2)19-3)16-10-12-9-13(17)5-6-15(12)20-16/h5-6,9-11,14,18H,4,7-8H2,1-3H3. The first-order valence-electron chi connectivity index (χ1n) is 7.09. The lowest BCUT2D eigenvalue weighted by atomic mass is 10.1. The van der Waals surface area contributed by atoms with Gasteiger partial charge in [0.15, 0.2) is 0 Å². The van der Waals surface area contributed by atoms with Gasteiger partial charge in [-0.1, -0.05) is 18.5 Å². The number of rotatable bonds is 7. The van der Waals surface area contributed by atoms with Gasteiger partial charge in [-0.3, -0.25) is 0 Å². The van der Waals surface area contributed by atoms with E-state index in [4.69, 9.17) is 20.8 Å². The van der Waals surface area contributed by atoms with E-state index in [1.54, 1.807) is 7.11 Å². The maximum Gasteiger partial charge on any atom is 0.134 e. The van der Waals surface area contributed by atoms with E-state index in [2.05, 4.69) is 25.2 Å². The van der Waals surface area contributed by atoms with Gasteiger partial charge >= 0.3 is 0 Å². The first-order chi connectivity index (χ1) is 9.63. The molecule has 1 aromatic heterocycles. The number of furan rings is 1. The van der Waals surface area contributed by atoms with Crippen LogP contribution in [0.3, 0.4) is 0 Å². The molecule has 0 saturated carbocycles. The number of methoxy groups -OCH3 is 1. The van der Waals surface area contributed by atoms with Crippen LogP contribution in [0.15, 0.2) is 28.7 Å². The van der Waals surface area contributed by atoms with Crippen LogP contribution in [0.4, 0.5) is 0 Å². The molecule has 3 nitrogen and oxygen atoms in total. The minimum atomic E-state index is 0.163. The van der Waals surface area contributed by atoms with Crippen LogP contribution in [-0.2, 0) is 4.74 Å². The fourth-order valence-corrected chi connectivity index (χ4v) is 2.43. The summed E-state index contributed by atoms with van der Waals surface area (Å²) in [5, 5.41) is 5.29. The molecule has 2 unspecified atom stereocenters. The second kappa shape index (κ2) is 7.11. The molecule has 1 heterocycles. The summed E-state index contributed by atoms with van der Waals surface area (Å²) in [5.74, 6) is 0.944. The van der Waals surface area contributed by atoms with Gasteiger partial charge in [-0.25, -0.2) is 0 Å². The molecule has 0 aliphatic rings. The Morgan fingerprint density at radius 3 is 2.85 bits per heavy atom. The van der Waals surface area contributed by atoms with E-state index in [1.165, 1.54) is 0 Å². The molecule has 20 heavy (non-hydrogen) atoms. The monoisotopic (exact) mass is 295 g/mol. The van der Waals surface area contributed by atoms with Gasteiger partial charge in [-0.15, -0.1) is 0 Å². The molecule has 0 amide bonds. The Morgan fingerprint density at radius 1 is 1.35 bits per heavy atom. The summed E-state index contributed by atoms with van der Waals surface area (Å²) in [6.45, 7) is 5.18. The van der Waals surface area contributed by atoms with E-state index < -0.39 is 0 Å². The molecule has 1 N–H and O–H groups in total. The van der Waals surface area contributed by atoms with Crippen molar-refractivity contribution in [2.75, 3.05) is 13.7 Å².